The summed E-state index contributed by atoms with van der Waals surface area (Å²) >= 11 is 6.14. The second kappa shape index (κ2) is 6.10. The highest BCUT2D eigenvalue weighted by Gasteiger charge is 2.19. The SMILES string of the molecule is Cn1cc(C(=O)NCC2CCCO2)c(=O)c2cccc(Cl)c21. The summed E-state index contributed by atoms with van der Waals surface area (Å²) in [6.45, 7) is 1.16. The van der Waals surface area contributed by atoms with Crippen molar-refractivity contribution >= 4 is 28.4 Å². The number of rotatable bonds is 3. The van der Waals surface area contributed by atoms with Gasteiger partial charge < -0.3 is 14.6 Å². The molecular weight excluding hydrogens is 304 g/mol. The van der Waals surface area contributed by atoms with Crippen LogP contribution in [0.1, 0.15) is 23.2 Å². The zero-order valence-corrected chi connectivity index (χ0v) is 13.0. The summed E-state index contributed by atoms with van der Waals surface area (Å²) in [5.41, 5.74) is 0.445. The smallest absolute Gasteiger partial charge is 0.256 e. The van der Waals surface area contributed by atoms with Gasteiger partial charge in [-0.15, -0.1) is 0 Å². The summed E-state index contributed by atoms with van der Waals surface area (Å²) in [7, 11) is 1.77. The minimum atomic E-state index is -0.377. The van der Waals surface area contributed by atoms with Gasteiger partial charge in [-0.2, -0.15) is 0 Å². The van der Waals surface area contributed by atoms with Gasteiger partial charge in [0.1, 0.15) is 5.56 Å². The highest BCUT2D eigenvalue weighted by Crippen LogP contribution is 2.20. The quantitative estimate of drug-likeness (QED) is 0.942. The summed E-state index contributed by atoms with van der Waals surface area (Å²) in [4.78, 5) is 24.8. The number of halogens is 1. The van der Waals surface area contributed by atoms with Gasteiger partial charge in [-0.25, -0.2) is 0 Å². The third-order valence-corrected chi connectivity index (χ3v) is 4.22. The van der Waals surface area contributed by atoms with Crippen LogP contribution < -0.4 is 10.7 Å². The van der Waals surface area contributed by atoms with Crippen molar-refractivity contribution in [1.82, 2.24) is 9.88 Å². The van der Waals surface area contributed by atoms with E-state index in [4.69, 9.17) is 16.3 Å². The number of pyridine rings is 1. The number of carbonyl (C=O) groups excluding carboxylic acids is 1. The molecule has 0 saturated carbocycles. The number of benzene rings is 1. The Hall–Kier alpha value is -1.85. The largest absolute Gasteiger partial charge is 0.376 e. The first-order valence-electron chi connectivity index (χ1n) is 7.25. The lowest BCUT2D eigenvalue weighted by atomic mass is 10.1. The van der Waals surface area contributed by atoms with Gasteiger partial charge in [0, 0.05) is 31.8 Å². The Labute approximate surface area is 132 Å². The molecule has 6 heteroatoms. The van der Waals surface area contributed by atoms with Crippen LogP contribution in [0.2, 0.25) is 5.02 Å². The van der Waals surface area contributed by atoms with E-state index in [1.54, 1.807) is 29.8 Å². The first kappa shape index (κ1) is 15.1. The summed E-state index contributed by atoms with van der Waals surface area (Å²) in [6.07, 6.45) is 3.52. The molecule has 1 aliphatic heterocycles. The molecule has 2 heterocycles. The summed E-state index contributed by atoms with van der Waals surface area (Å²) in [5, 5.41) is 3.71. The predicted molar refractivity (Wildman–Crippen MR) is 85.5 cm³/mol. The minimum absolute atomic E-state index is 0.0442. The molecule has 3 rings (SSSR count). The lowest BCUT2D eigenvalue weighted by Crippen LogP contribution is -2.35. The number of para-hydroxylation sites is 1. The second-order valence-corrected chi connectivity index (χ2v) is 5.87. The molecule has 5 nitrogen and oxygen atoms in total. The van der Waals surface area contributed by atoms with Crippen LogP contribution in [0.3, 0.4) is 0 Å². The van der Waals surface area contributed by atoms with Crippen LogP contribution >= 0.6 is 11.6 Å². The van der Waals surface area contributed by atoms with Gasteiger partial charge in [0.15, 0.2) is 0 Å². The maximum atomic E-state index is 12.5. The normalized spacial score (nSPS) is 17.8. The molecule has 116 valence electrons. The number of fused-ring (bicyclic) bond motifs is 1. The zero-order chi connectivity index (χ0) is 15.7. The fraction of sp³-hybridized carbons (Fsp3) is 0.375. The van der Waals surface area contributed by atoms with Crippen LogP contribution in [0.4, 0.5) is 0 Å². The average molecular weight is 321 g/mol. The van der Waals surface area contributed by atoms with Crippen molar-refractivity contribution in [1.29, 1.82) is 0 Å². The van der Waals surface area contributed by atoms with Crippen molar-refractivity contribution < 1.29 is 9.53 Å². The summed E-state index contributed by atoms with van der Waals surface area (Å²) in [6, 6.07) is 5.11. The number of aryl methyl sites for hydroxylation is 1. The van der Waals surface area contributed by atoms with Crippen LogP contribution in [-0.2, 0) is 11.8 Å². The van der Waals surface area contributed by atoms with E-state index in [1.165, 1.54) is 6.20 Å². The van der Waals surface area contributed by atoms with E-state index in [2.05, 4.69) is 5.32 Å². The molecule has 1 N–H and O–H groups in total. The molecule has 1 fully saturated rings. The van der Waals surface area contributed by atoms with E-state index in [1.807, 2.05) is 0 Å². The number of hydrogen-bond acceptors (Lipinski definition) is 3. The van der Waals surface area contributed by atoms with Crippen LogP contribution in [0.15, 0.2) is 29.2 Å². The highest BCUT2D eigenvalue weighted by molar-refractivity contribution is 6.35. The zero-order valence-electron chi connectivity index (χ0n) is 12.3. The van der Waals surface area contributed by atoms with Crippen molar-refractivity contribution in [2.45, 2.75) is 18.9 Å². The van der Waals surface area contributed by atoms with E-state index in [0.29, 0.717) is 22.5 Å². The fourth-order valence-corrected chi connectivity index (χ4v) is 3.10. The number of carbonyl (C=O) groups is 1. The Morgan fingerprint density at radius 1 is 1.50 bits per heavy atom. The molecule has 1 aromatic heterocycles. The van der Waals surface area contributed by atoms with Crippen LogP contribution in [0, 0.1) is 0 Å². The number of hydrogen-bond donors (Lipinski definition) is 1. The third-order valence-electron chi connectivity index (χ3n) is 3.91. The van der Waals surface area contributed by atoms with E-state index < -0.39 is 0 Å². The lowest BCUT2D eigenvalue weighted by molar-refractivity contribution is 0.0856. The molecule has 0 aliphatic carbocycles. The van der Waals surface area contributed by atoms with Gasteiger partial charge in [-0.1, -0.05) is 17.7 Å². The Morgan fingerprint density at radius 3 is 3.05 bits per heavy atom. The molecular formula is C16H17ClN2O3. The molecule has 1 aromatic carbocycles. The Kier molecular flexibility index (Phi) is 4.18. The topological polar surface area (TPSA) is 60.3 Å². The second-order valence-electron chi connectivity index (χ2n) is 5.46. The number of aromatic nitrogens is 1. The van der Waals surface area contributed by atoms with E-state index in [9.17, 15) is 9.59 Å². The van der Waals surface area contributed by atoms with Gasteiger partial charge in [-0.3, -0.25) is 9.59 Å². The van der Waals surface area contributed by atoms with Gasteiger partial charge >= 0.3 is 0 Å². The molecule has 1 saturated heterocycles. The summed E-state index contributed by atoms with van der Waals surface area (Å²) in [5.74, 6) is -0.377. The molecule has 0 spiro atoms. The van der Waals surface area contributed by atoms with Gasteiger partial charge in [0.05, 0.1) is 16.6 Å². The Morgan fingerprint density at radius 2 is 2.32 bits per heavy atom. The monoisotopic (exact) mass is 320 g/mol. The Balaban J connectivity index is 1.92. The van der Waals surface area contributed by atoms with Gasteiger partial charge in [0.25, 0.3) is 5.91 Å². The van der Waals surface area contributed by atoms with E-state index in [0.717, 1.165) is 19.4 Å². The molecule has 0 radical (unpaired) electrons. The van der Waals surface area contributed by atoms with Crippen molar-refractivity contribution in [3.63, 3.8) is 0 Å². The molecule has 1 unspecified atom stereocenters. The van der Waals surface area contributed by atoms with Crippen molar-refractivity contribution in [2.24, 2.45) is 7.05 Å². The van der Waals surface area contributed by atoms with E-state index in [-0.39, 0.29) is 23.0 Å². The standard InChI is InChI=1S/C16H17ClN2O3/c1-19-9-12(16(21)18-8-10-4-3-7-22-10)15(20)11-5-2-6-13(17)14(11)19/h2,5-6,9-10H,3-4,7-8H2,1H3,(H,18,21). The maximum Gasteiger partial charge on any atom is 0.256 e. The molecule has 1 atom stereocenters. The van der Waals surface area contributed by atoms with Crippen molar-refractivity contribution in [2.75, 3.05) is 13.2 Å². The van der Waals surface area contributed by atoms with Crippen LogP contribution in [0.5, 0.6) is 0 Å². The fourth-order valence-electron chi connectivity index (χ4n) is 2.79. The number of amides is 1. The molecule has 22 heavy (non-hydrogen) atoms. The van der Waals surface area contributed by atoms with Crippen molar-refractivity contribution in [3.05, 3.63) is 45.2 Å². The Bertz CT molecular complexity index is 779. The number of ether oxygens (including phenoxy) is 1. The van der Waals surface area contributed by atoms with Crippen LogP contribution in [0.25, 0.3) is 10.9 Å². The van der Waals surface area contributed by atoms with Crippen molar-refractivity contribution in [3.8, 4) is 0 Å². The first-order chi connectivity index (χ1) is 10.6. The van der Waals surface area contributed by atoms with E-state index >= 15 is 0 Å². The maximum absolute atomic E-state index is 12.5. The summed E-state index contributed by atoms with van der Waals surface area (Å²) < 4.78 is 7.17. The first-order valence-corrected chi connectivity index (χ1v) is 7.63. The van der Waals surface area contributed by atoms with Crippen LogP contribution in [-0.4, -0.2) is 29.7 Å². The highest BCUT2D eigenvalue weighted by atomic mass is 35.5. The molecule has 1 amide bonds. The predicted octanol–water partition coefficient (Wildman–Crippen LogP) is 2.10. The lowest BCUT2D eigenvalue weighted by Gasteiger charge is -2.13. The third kappa shape index (κ3) is 2.74. The number of nitrogens with one attached hydrogen (secondary N) is 1. The number of nitrogens with zero attached hydrogens (tertiary/aromatic N) is 1. The molecule has 0 bridgehead atoms. The van der Waals surface area contributed by atoms with Gasteiger partial charge in [0.2, 0.25) is 5.43 Å². The molecule has 1 aliphatic rings. The average Bonchev–Trinajstić information content (AvgIpc) is 3.01. The minimum Gasteiger partial charge on any atom is -0.376 e. The molecule has 2 aromatic rings. The van der Waals surface area contributed by atoms with Gasteiger partial charge in [-0.05, 0) is 25.0 Å².